The second-order valence-electron chi connectivity index (χ2n) is 10.0. The van der Waals surface area contributed by atoms with Crippen molar-refractivity contribution in [3.05, 3.63) is 141 Å². The summed E-state index contributed by atoms with van der Waals surface area (Å²) in [7, 11) is 0. The summed E-state index contributed by atoms with van der Waals surface area (Å²) < 4.78 is 13.4. The number of hydrogen-bond donors (Lipinski definition) is 3. The highest BCUT2D eigenvalue weighted by Crippen LogP contribution is 2.29. The van der Waals surface area contributed by atoms with Crippen LogP contribution in [0.3, 0.4) is 0 Å². The molecule has 13 heteroatoms. The molecule has 47 heavy (non-hydrogen) atoms. The maximum absolute atomic E-state index is 13.4. The van der Waals surface area contributed by atoms with Crippen molar-refractivity contribution < 1.29 is 23.7 Å². The Hall–Kier alpha value is -5.66. The molecule has 1 aromatic heterocycles. The van der Waals surface area contributed by atoms with Gasteiger partial charge in [-0.1, -0.05) is 42.5 Å². The van der Waals surface area contributed by atoms with Crippen LogP contribution in [0.1, 0.15) is 22.8 Å². The molecule has 0 spiro atoms. The number of benzene rings is 4. The van der Waals surface area contributed by atoms with E-state index in [0.717, 1.165) is 4.90 Å². The molecule has 236 valence electrons. The first-order valence-corrected chi connectivity index (χ1v) is 15.8. The van der Waals surface area contributed by atoms with Gasteiger partial charge in [0, 0.05) is 39.2 Å². The van der Waals surface area contributed by atoms with Gasteiger partial charge >= 0.3 is 0 Å². The van der Waals surface area contributed by atoms with Crippen LogP contribution < -0.4 is 16.0 Å². The van der Waals surface area contributed by atoms with E-state index in [9.17, 15) is 28.9 Å². The van der Waals surface area contributed by atoms with Crippen molar-refractivity contribution in [2.45, 2.75) is 17.1 Å². The Kier molecular flexibility index (Phi) is 10.5. The number of halogens is 1. The minimum atomic E-state index is -0.584. The number of hydrogen-bond acceptors (Lipinski definition) is 8. The number of rotatable bonds is 11. The molecule has 5 rings (SSSR count). The number of nitrogens with zero attached hydrogens (tertiary/aromatic N) is 2. The minimum absolute atomic E-state index is 0.0370. The van der Waals surface area contributed by atoms with Crippen LogP contribution >= 0.6 is 23.1 Å². The van der Waals surface area contributed by atoms with Gasteiger partial charge in [-0.2, -0.15) is 0 Å². The van der Waals surface area contributed by atoms with E-state index < -0.39 is 27.8 Å². The fraction of sp³-hybridized carbons (Fsp3) is 0.0588. The number of aromatic nitrogens is 1. The van der Waals surface area contributed by atoms with E-state index in [1.54, 1.807) is 79.0 Å². The fourth-order valence-electron chi connectivity index (χ4n) is 4.19. The number of non-ortho nitro benzene ring substituents is 1. The van der Waals surface area contributed by atoms with E-state index >= 15 is 0 Å². The van der Waals surface area contributed by atoms with Crippen LogP contribution in [0.4, 0.5) is 20.9 Å². The minimum Gasteiger partial charge on any atom is -0.321 e. The number of amides is 3. The summed E-state index contributed by atoms with van der Waals surface area (Å²) in [6.45, 7) is 1.74. The van der Waals surface area contributed by atoms with Crippen LogP contribution in [-0.2, 0) is 9.59 Å². The Bertz CT molecular complexity index is 1950. The lowest BCUT2D eigenvalue weighted by Crippen LogP contribution is -2.30. The Morgan fingerprint density at radius 2 is 1.66 bits per heavy atom. The number of nitro groups is 1. The van der Waals surface area contributed by atoms with Gasteiger partial charge in [-0.3, -0.25) is 24.5 Å². The van der Waals surface area contributed by atoms with Crippen molar-refractivity contribution in [2.24, 2.45) is 0 Å². The number of thioether (sulfide) groups is 1. The molecule has 10 nitrogen and oxygen atoms in total. The van der Waals surface area contributed by atoms with Crippen molar-refractivity contribution in [3.63, 3.8) is 0 Å². The second-order valence-corrected chi connectivity index (χ2v) is 12.3. The summed E-state index contributed by atoms with van der Waals surface area (Å²) in [5.74, 6) is -1.77. The van der Waals surface area contributed by atoms with Gasteiger partial charge in [-0.15, -0.1) is 23.1 Å². The molecule has 0 bridgehead atoms. The molecular formula is C34H26FN5O5S2. The summed E-state index contributed by atoms with van der Waals surface area (Å²) in [6, 6.07) is 26.9. The standard InChI is InChI=1S/C34H26FN5O5S2/c1-21(31(41)39-34-38-30(20-46-34)24-8-5-9-27(19-24)40(44)45)47-28-16-14-26(15-17-28)36-33(43)29(18-22-10-12-25(35)13-11-22)37-32(42)23-6-3-2-4-7-23/h2-21H,1H3,(H,36,43)(H,37,42)(H,38,39,41)/b29-18-. The van der Waals surface area contributed by atoms with Crippen molar-refractivity contribution in [1.29, 1.82) is 0 Å². The average molecular weight is 668 g/mol. The molecule has 4 aromatic carbocycles. The molecule has 0 aliphatic carbocycles. The van der Waals surface area contributed by atoms with Gasteiger partial charge in [0.05, 0.1) is 15.9 Å². The molecule has 0 fully saturated rings. The zero-order valence-electron chi connectivity index (χ0n) is 24.7. The monoisotopic (exact) mass is 667 g/mol. The van der Waals surface area contributed by atoms with Crippen molar-refractivity contribution in [1.82, 2.24) is 10.3 Å². The SMILES string of the molecule is CC(Sc1ccc(NC(=O)/C(=C/c2ccc(F)cc2)NC(=O)c2ccccc2)cc1)C(=O)Nc1nc(-c2cccc([N+](=O)[O-])c2)cs1. The quantitative estimate of drug-likeness (QED) is 0.0577. The number of carbonyl (C=O) groups is 3. The van der Waals surface area contributed by atoms with E-state index in [0.29, 0.717) is 33.2 Å². The lowest BCUT2D eigenvalue weighted by atomic mass is 10.1. The molecule has 1 atom stereocenters. The highest BCUT2D eigenvalue weighted by molar-refractivity contribution is 8.00. The molecule has 5 aromatic rings. The summed E-state index contributed by atoms with van der Waals surface area (Å²) in [5, 5.41) is 20.9. The predicted molar refractivity (Wildman–Crippen MR) is 182 cm³/mol. The van der Waals surface area contributed by atoms with E-state index in [1.807, 2.05) is 0 Å². The molecule has 3 amide bonds. The predicted octanol–water partition coefficient (Wildman–Crippen LogP) is 7.39. The summed E-state index contributed by atoms with van der Waals surface area (Å²) in [6.07, 6.45) is 1.45. The van der Waals surface area contributed by atoms with Crippen molar-refractivity contribution in [2.75, 3.05) is 10.6 Å². The van der Waals surface area contributed by atoms with E-state index in [4.69, 9.17) is 0 Å². The smallest absolute Gasteiger partial charge is 0.272 e. The number of anilines is 2. The third kappa shape index (κ3) is 8.96. The molecule has 0 aliphatic rings. The highest BCUT2D eigenvalue weighted by Gasteiger charge is 2.18. The van der Waals surface area contributed by atoms with E-state index in [2.05, 4.69) is 20.9 Å². The largest absolute Gasteiger partial charge is 0.321 e. The van der Waals surface area contributed by atoms with Gasteiger partial charge in [0.1, 0.15) is 11.5 Å². The van der Waals surface area contributed by atoms with Gasteiger partial charge in [0.2, 0.25) is 5.91 Å². The zero-order valence-corrected chi connectivity index (χ0v) is 26.3. The Labute approximate surface area is 276 Å². The van der Waals surface area contributed by atoms with Crippen molar-refractivity contribution >= 4 is 63.4 Å². The van der Waals surface area contributed by atoms with Gasteiger partial charge in [-0.25, -0.2) is 9.37 Å². The highest BCUT2D eigenvalue weighted by atomic mass is 32.2. The summed E-state index contributed by atoms with van der Waals surface area (Å²) >= 11 is 2.51. The lowest BCUT2D eigenvalue weighted by Gasteiger charge is -2.13. The third-order valence-corrected chi connectivity index (χ3v) is 8.46. The molecular weight excluding hydrogens is 642 g/mol. The van der Waals surface area contributed by atoms with Gasteiger partial charge in [-0.05, 0) is 67.1 Å². The number of thiazole rings is 1. The van der Waals surface area contributed by atoms with Crippen LogP contribution in [0, 0.1) is 15.9 Å². The number of carbonyl (C=O) groups excluding carboxylic acids is 3. The molecule has 0 aliphatic heterocycles. The Morgan fingerprint density at radius 3 is 2.36 bits per heavy atom. The topological polar surface area (TPSA) is 143 Å². The lowest BCUT2D eigenvalue weighted by molar-refractivity contribution is -0.384. The summed E-state index contributed by atoms with van der Waals surface area (Å²) in [5.41, 5.74) is 2.33. The van der Waals surface area contributed by atoms with Crippen molar-refractivity contribution in [3.8, 4) is 11.3 Å². The van der Waals surface area contributed by atoms with Crippen LogP contribution in [0.15, 0.2) is 119 Å². The molecule has 0 saturated carbocycles. The van der Waals surface area contributed by atoms with Gasteiger partial charge in [0.15, 0.2) is 5.13 Å². The molecule has 0 saturated heterocycles. The zero-order chi connectivity index (χ0) is 33.3. The maximum Gasteiger partial charge on any atom is 0.272 e. The van der Waals surface area contributed by atoms with Gasteiger partial charge in [0.25, 0.3) is 17.5 Å². The normalized spacial score (nSPS) is 11.7. The van der Waals surface area contributed by atoms with E-state index in [-0.39, 0.29) is 17.3 Å². The molecule has 3 N–H and O–H groups in total. The number of nitro benzene ring substituents is 1. The third-order valence-electron chi connectivity index (χ3n) is 6.59. The number of nitrogens with one attached hydrogen (secondary N) is 3. The summed E-state index contributed by atoms with van der Waals surface area (Å²) in [4.78, 5) is 54.7. The van der Waals surface area contributed by atoms with Crippen LogP contribution in [0.25, 0.3) is 17.3 Å². The first-order valence-electron chi connectivity index (χ1n) is 14.1. The fourth-order valence-corrected chi connectivity index (χ4v) is 5.78. The van der Waals surface area contributed by atoms with E-state index in [1.165, 1.54) is 65.6 Å². The Morgan fingerprint density at radius 1 is 0.936 bits per heavy atom. The maximum atomic E-state index is 13.4. The first-order chi connectivity index (χ1) is 22.6. The Balaban J connectivity index is 1.20. The molecule has 1 heterocycles. The average Bonchev–Trinajstić information content (AvgIpc) is 3.55. The molecule has 1 unspecified atom stereocenters. The first kappa shape index (κ1) is 32.7. The van der Waals surface area contributed by atoms with Gasteiger partial charge < -0.3 is 16.0 Å². The van der Waals surface area contributed by atoms with Crippen LogP contribution in [-0.4, -0.2) is 32.9 Å². The molecule has 0 radical (unpaired) electrons. The van der Waals surface area contributed by atoms with Crippen LogP contribution in [0.5, 0.6) is 0 Å². The second kappa shape index (κ2) is 15.1. The van der Waals surface area contributed by atoms with Crippen LogP contribution in [0.2, 0.25) is 0 Å².